The van der Waals surface area contributed by atoms with Crippen molar-refractivity contribution in [2.45, 2.75) is 24.8 Å². The lowest BCUT2D eigenvalue weighted by atomic mass is 10.1. The highest BCUT2D eigenvalue weighted by Crippen LogP contribution is 2.29. The maximum Gasteiger partial charge on any atom is 0.179 e. The van der Waals surface area contributed by atoms with Crippen LogP contribution in [-0.4, -0.2) is 21.8 Å². The molecule has 0 saturated heterocycles. The van der Waals surface area contributed by atoms with Crippen molar-refractivity contribution < 1.29 is 17.5 Å². The first-order valence-electron chi connectivity index (χ1n) is 7.13. The number of hydrogen-bond acceptors (Lipinski definition) is 4. The maximum absolute atomic E-state index is 13.9. The first-order chi connectivity index (χ1) is 10.7. The molecule has 0 aliphatic carbocycles. The van der Waals surface area contributed by atoms with Gasteiger partial charge in [-0.25, -0.2) is 12.8 Å². The van der Waals surface area contributed by atoms with Crippen molar-refractivity contribution in [1.82, 2.24) is 0 Å². The number of aryl methyl sites for hydroxylation is 1. The molecule has 0 aliphatic heterocycles. The zero-order valence-electron chi connectivity index (χ0n) is 13.6. The summed E-state index contributed by atoms with van der Waals surface area (Å²) in [4.78, 5) is 0.137. The van der Waals surface area contributed by atoms with Crippen molar-refractivity contribution in [3.63, 3.8) is 0 Å². The lowest BCUT2D eigenvalue weighted by molar-refractivity contribution is 0.402. The van der Waals surface area contributed by atoms with Gasteiger partial charge >= 0.3 is 0 Å². The summed E-state index contributed by atoms with van der Waals surface area (Å²) in [7, 11) is -1.94. The quantitative estimate of drug-likeness (QED) is 0.903. The highest BCUT2D eigenvalue weighted by molar-refractivity contribution is 7.90. The fourth-order valence-corrected chi connectivity index (χ4v) is 3.14. The van der Waals surface area contributed by atoms with Crippen LogP contribution in [0.2, 0.25) is 0 Å². The molecule has 2 aromatic carbocycles. The highest BCUT2D eigenvalue weighted by Gasteiger charge is 2.17. The number of nitrogens with one attached hydrogen (secondary N) is 1. The number of benzene rings is 2. The molecule has 0 bridgehead atoms. The Balaban J connectivity index is 2.31. The minimum atomic E-state index is -3.36. The monoisotopic (exact) mass is 337 g/mol. The van der Waals surface area contributed by atoms with E-state index in [4.69, 9.17) is 4.74 Å². The van der Waals surface area contributed by atoms with E-state index in [2.05, 4.69) is 5.32 Å². The van der Waals surface area contributed by atoms with Gasteiger partial charge in [-0.3, -0.25) is 0 Å². The third-order valence-electron chi connectivity index (χ3n) is 3.58. The standard InChI is InChI=1S/C17H20FNO3S/c1-11-5-7-15(14(18)9-11)19-12(2)13-6-8-17(23(4,20)21)16(10-13)22-3/h5-10,12,19H,1-4H3/t12-/m1/s1. The summed E-state index contributed by atoms with van der Waals surface area (Å²) in [5.41, 5.74) is 2.04. The number of methoxy groups -OCH3 is 1. The number of ether oxygens (including phenoxy) is 1. The fraction of sp³-hybridized carbons (Fsp3) is 0.294. The molecule has 0 heterocycles. The van der Waals surface area contributed by atoms with Crippen LogP contribution in [0.25, 0.3) is 0 Å². The van der Waals surface area contributed by atoms with Gasteiger partial charge in [0, 0.05) is 12.3 Å². The molecule has 124 valence electrons. The van der Waals surface area contributed by atoms with Crippen LogP contribution >= 0.6 is 0 Å². The van der Waals surface area contributed by atoms with E-state index in [0.717, 1.165) is 17.4 Å². The Hall–Kier alpha value is -2.08. The molecule has 0 aliphatic rings. The first kappa shape index (κ1) is 17.3. The Kier molecular flexibility index (Phi) is 4.94. The second-order valence-electron chi connectivity index (χ2n) is 5.53. The topological polar surface area (TPSA) is 55.4 Å². The molecule has 6 heteroatoms. The molecule has 1 N–H and O–H groups in total. The summed E-state index contributed by atoms with van der Waals surface area (Å²) in [6, 6.07) is 9.61. The van der Waals surface area contributed by atoms with E-state index in [1.54, 1.807) is 18.2 Å². The van der Waals surface area contributed by atoms with Crippen LogP contribution < -0.4 is 10.1 Å². The van der Waals surface area contributed by atoms with Gasteiger partial charge in [0.1, 0.15) is 16.5 Å². The summed E-state index contributed by atoms with van der Waals surface area (Å²) in [6.07, 6.45) is 1.13. The van der Waals surface area contributed by atoms with Crippen LogP contribution in [0, 0.1) is 12.7 Å². The van der Waals surface area contributed by atoms with Crippen LogP contribution in [0.5, 0.6) is 5.75 Å². The molecule has 0 fully saturated rings. The maximum atomic E-state index is 13.9. The number of sulfone groups is 1. The predicted octanol–water partition coefficient (Wildman–Crippen LogP) is 3.72. The molecule has 0 saturated carbocycles. The highest BCUT2D eigenvalue weighted by atomic mass is 32.2. The van der Waals surface area contributed by atoms with Gasteiger partial charge in [-0.05, 0) is 49.2 Å². The van der Waals surface area contributed by atoms with Crippen LogP contribution in [0.3, 0.4) is 0 Å². The van der Waals surface area contributed by atoms with Crippen molar-refractivity contribution in [3.8, 4) is 5.75 Å². The molecule has 1 atom stereocenters. The van der Waals surface area contributed by atoms with Gasteiger partial charge in [-0.1, -0.05) is 12.1 Å². The molecule has 0 spiro atoms. The Morgan fingerprint density at radius 3 is 2.43 bits per heavy atom. The molecular formula is C17H20FNO3S. The summed E-state index contributed by atoms with van der Waals surface area (Å²) in [6.45, 7) is 3.69. The Morgan fingerprint density at radius 2 is 1.87 bits per heavy atom. The van der Waals surface area contributed by atoms with E-state index in [-0.39, 0.29) is 22.5 Å². The summed E-state index contributed by atoms with van der Waals surface area (Å²) in [5.74, 6) is -0.0420. The number of hydrogen-bond donors (Lipinski definition) is 1. The molecule has 0 aromatic heterocycles. The zero-order chi connectivity index (χ0) is 17.2. The van der Waals surface area contributed by atoms with E-state index >= 15 is 0 Å². The summed E-state index contributed by atoms with van der Waals surface area (Å²) in [5, 5.41) is 3.08. The number of anilines is 1. The van der Waals surface area contributed by atoms with E-state index < -0.39 is 9.84 Å². The molecule has 23 heavy (non-hydrogen) atoms. The predicted molar refractivity (Wildman–Crippen MR) is 89.3 cm³/mol. The second kappa shape index (κ2) is 6.58. The number of halogens is 1. The van der Waals surface area contributed by atoms with Crippen LogP contribution in [0.15, 0.2) is 41.3 Å². The van der Waals surface area contributed by atoms with Gasteiger partial charge in [0.25, 0.3) is 0 Å². The van der Waals surface area contributed by atoms with Gasteiger partial charge < -0.3 is 10.1 Å². The normalized spacial score (nSPS) is 12.7. The second-order valence-corrected chi connectivity index (χ2v) is 7.52. The third kappa shape index (κ3) is 4.01. The minimum Gasteiger partial charge on any atom is -0.495 e. The van der Waals surface area contributed by atoms with Crippen molar-refractivity contribution in [2.24, 2.45) is 0 Å². The smallest absolute Gasteiger partial charge is 0.179 e. The van der Waals surface area contributed by atoms with Crippen molar-refractivity contribution in [1.29, 1.82) is 0 Å². The van der Waals surface area contributed by atoms with Crippen molar-refractivity contribution >= 4 is 15.5 Å². The van der Waals surface area contributed by atoms with Gasteiger partial charge in [0.05, 0.1) is 12.8 Å². The SMILES string of the molecule is COc1cc([C@@H](C)Nc2ccc(C)cc2F)ccc1S(C)(=O)=O. The minimum absolute atomic E-state index is 0.137. The van der Waals surface area contributed by atoms with Crippen LogP contribution in [0.1, 0.15) is 24.1 Å². The van der Waals surface area contributed by atoms with E-state index in [0.29, 0.717) is 5.69 Å². The molecular weight excluding hydrogens is 317 g/mol. The zero-order valence-corrected chi connectivity index (χ0v) is 14.4. The Bertz CT molecular complexity index is 819. The Morgan fingerprint density at radius 1 is 1.17 bits per heavy atom. The van der Waals surface area contributed by atoms with Gasteiger partial charge in [0.15, 0.2) is 9.84 Å². The lowest BCUT2D eigenvalue weighted by Gasteiger charge is -2.18. The average Bonchev–Trinajstić information content (AvgIpc) is 2.48. The van der Waals surface area contributed by atoms with E-state index in [1.165, 1.54) is 19.2 Å². The molecule has 0 radical (unpaired) electrons. The van der Waals surface area contributed by atoms with Crippen molar-refractivity contribution in [3.05, 3.63) is 53.3 Å². The first-order valence-corrected chi connectivity index (χ1v) is 9.02. The molecule has 2 aromatic rings. The number of rotatable bonds is 5. The summed E-state index contributed by atoms with van der Waals surface area (Å²) < 4.78 is 42.5. The third-order valence-corrected chi connectivity index (χ3v) is 4.72. The molecule has 0 unspecified atom stereocenters. The van der Waals surface area contributed by atoms with E-state index in [9.17, 15) is 12.8 Å². The van der Waals surface area contributed by atoms with Gasteiger partial charge in [-0.15, -0.1) is 0 Å². The van der Waals surface area contributed by atoms with Crippen molar-refractivity contribution in [2.75, 3.05) is 18.7 Å². The molecule has 4 nitrogen and oxygen atoms in total. The van der Waals surface area contributed by atoms with E-state index in [1.807, 2.05) is 19.9 Å². The lowest BCUT2D eigenvalue weighted by Crippen LogP contribution is -2.09. The molecule has 0 amide bonds. The van der Waals surface area contributed by atoms with Crippen LogP contribution in [0.4, 0.5) is 10.1 Å². The van der Waals surface area contributed by atoms with Gasteiger partial charge in [0.2, 0.25) is 0 Å². The largest absolute Gasteiger partial charge is 0.495 e. The summed E-state index contributed by atoms with van der Waals surface area (Å²) >= 11 is 0. The van der Waals surface area contributed by atoms with Gasteiger partial charge in [-0.2, -0.15) is 0 Å². The molecule has 2 rings (SSSR count). The van der Waals surface area contributed by atoms with Crippen LogP contribution in [-0.2, 0) is 9.84 Å². The Labute approximate surface area is 136 Å². The fourth-order valence-electron chi connectivity index (χ4n) is 2.31. The average molecular weight is 337 g/mol.